The van der Waals surface area contributed by atoms with Gasteiger partial charge in [-0.2, -0.15) is 0 Å². The molecule has 1 nitrogen and oxygen atoms in total. The van der Waals surface area contributed by atoms with Crippen LogP contribution in [0.15, 0.2) is 176 Å². The summed E-state index contributed by atoms with van der Waals surface area (Å²) in [5.41, 5.74) is 8.32. The second-order valence-corrected chi connectivity index (χ2v) is 12.8. The average molecular weight is 604 g/mol. The maximum atomic E-state index is 2.42. The Morgan fingerprint density at radius 3 is 1.87 bits per heavy atom. The van der Waals surface area contributed by atoms with Crippen molar-refractivity contribution < 1.29 is 0 Å². The molecule has 0 aliphatic rings. The molecule has 0 aliphatic carbocycles. The molecule has 46 heavy (non-hydrogen) atoms. The zero-order valence-corrected chi connectivity index (χ0v) is 25.9. The zero-order valence-electron chi connectivity index (χ0n) is 25.1. The summed E-state index contributed by atoms with van der Waals surface area (Å²) >= 11 is 1.87. The van der Waals surface area contributed by atoms with Gasteiger partial charge in [0.1, 0.15) is 0 Å². The molecule has 0 saturated carbocycles. The number of benzene rings is 8. The Hall–Kier alpha value is -5.70. The van der Waals surface area contributed by atoms with E-state index in [4.69, 9.17) is 0 Å². The number of thiophene rings is 1. The Labute approximate surface area is 272 Å². The maximum absolute atomic E-state index is 2.42. The van der Waals surface area contributed by atoms with Crippen molar-refractivity contribution >= 4 is 70.1 Å². The number of anilines is 3. The first kappa shape index (κ1) is 26.7. The number of rotatable bonds is 5. The molecule has 0 aliphatic heterocycles. The summed E-state index contributed by atoms with van der Waals surface area (Å²) in [6.07, 6.45) is 0. The van der Waals surface area contributed by atoms with Crippen LogP contribution < -0.4 is 4.90 Å². The quantitative estimate of drug-likeness (QED) is 0.189. The standard InChI is InChI=1S/C44H29NS/c1-2-13-33-29-35(28-23-30(33)11-1)45(34-26-24-32(25-27-34)37-18-9-14-31-12-3-4-15-36(31)37)41-20-7-5-16-38(41)39-19-10-22-43-44(39)40-17-6-8-21-42(40)46-43/h1-29H. The van der Waals surface area contributed by atoms with Gasteiger partial charge in [-0.05, 0) is 80.7 Å². The minimum Gasteiger partial charge on any atom is -0.310 e. The summed E-state index contributed by atoms with van der Waals surface area (Å²) in [5, 5.41) is 7.61. The van der Waals surface area contributed by atoms with Crippen LogP contribution >= 0.6 is 11.3 Å². The fourth-order valence-electron chi connectivity index (χ4n) is 6.91. The Kier molecular flexibility index (Phi) is 6.40. The van der Waals surface area contributed by atoms with Gasteiger partial charge in [0.25, 0.3) is 0 Å². The third-order valence-corrected chi connectivity index (χ3v) is 10.2. The number of hydrogen-bond acceptors (Lipinski definition) is 2. The minimum absolute atomic E-state index is 1.12. The molecular weight excluding hydrogens is 575 g/mol. The number of fused-ring (bicyclic) bond motifs is 5. The molecule has 8 aromatic carbocycles. The Balaban J connectivity index is 1.26. The molecule has 2 heteroatoms. The fourth-order valence-corrected chi connectivity index (χ4v) is 8.04. The fraction of sp³-hybridized carbons (Fsp3) is 0. The van der Waals surface area contributed by atoms with Crippen molar-refractivity contribution in [3.8, 4) is 22.3 Å². The Bertz CT molecular complexity index is 2530. The van der Waals surface area contributed by atoms with Crippen LogP contribution in [0.4, 0.5) is 17.1 Å². The van der Waals surface area contributed by atoms with Gasteiger partial charge in [0, 0.05) is 37.1 Å². The van der Waals surface area contributed by atoms with Crippen molar-refractivity contribution in [1.29, 1.82) is 0 Å². The van der Waals surface area contributed by atoms with E-state index >= 15 is 0 Å². The number of nitrogens with zero attached hydrogens (tertiary/aromatic N) is 1. The molecule has 0 bridgehead atoms. The lowest BCUT2D eigenvalue weighted by molar-refractivity contribution is 1.29. The molecule has 0 saturated heterocycles. The van der Waals surface area contributed by atoms with Crippen LogP contribution in [0.2, 0.25) is 0 Å². The SMILES string of the molecule is c1ccc(N(c2ccc(-c3cccc4ccccc34)cc2)c2ccc3ccccc3c2)c(-c2cccc3sc4ccccc4c23)c1. The average Bonchev–Trinajstić information content (AvgIpc) is 3.51. The van der Waals surface area contributed by atoms with E-state index in [0.717, 1.165) is 17.1 Å². The van der Waals surface area contributed by atoms with Crippen molar-refractivity contribution in [2.24, 2.45) is 0 Å². The summed E-state index contributed by atoms with van der Waals surface area (Å²) in [4.78, 5) is 2.42. The van der Waals surface area contributed by atoms with E-state index in [1.54, 1.807) is 0 Å². The lowest BCUT2D eigenvalue weighted by Gasteiger charge is -2.28. The van der Waals surface area contributed by atoms with Gasteiger partial charge < -0.3 is 4.90 Å². The van der Waals surface area contributed by atoms with Gasteiger partial charge >= 0.3 is 0 Å². The van der Waals surface area contributed by atoms with Gasteiger partial charge in [-0.3, -0.25) is 0 Å². The molecule has 1 heterocycles. The van der Waals surface area contributed by atoms with Crippen LogP contribution in [0.5, 0.6) is 0 Å². The molecule has 0 unspecified atom stereocenters. The van der Waals surface area contributed by atoms with E-state index in [1.807, 2.05) is 11.3 Å². The van der Waals surface area contributed by atoms with Crippen molar-refractivity contribution in [3.05, 3.63) is 176 Å². The monoisotopic (exact) mass is 603 g/mol. The lowest BCUT2D eigenvalue weighted by Crippen LogP contribution is -2.11. The van der Waals surface area contributed by atoms with E-state index in [0.29, 0.717) is 0 Å². The molecule has 0 spiro atoms. The largest absolute Gasteiger partial charge is 0.310 e. The molecule has 9 rings (SSSR count). The summed E-state index contributed by atoms with van der Waals surface area (Å²) in [6.45, 7) is 0. The molecule has 0 atom stereocenters. The van der Waals surface area contributed by atoms with Gasteiger partial charge in [-0.15, -0.1) is 11.3 Å². The Morgan fingerprint density at radius 2 is 0.978 bits per heavy atom. The van der Waals surface area contributed by atoms with Gasteiger partial charge in [-0.1, -0.05) is 133 Å². The van der Waals surface area contributed by atoms with Gasteiger partial charge in [0.2, 0.25) is 0 Å². The molecule has 9 aromatic rings. The Morgan fingerprint density at radius 1 is 0.370 bits per heavy atom. The number of hydrogen-bond donors (Lipinski definition) is 0. The molecule has 216 valence electrons. The number of para-hydroxylation sites is 1. The third kappa shape index (κ3) is 4.46. The second-order valence-electron chi connectivity index (χ2n) is 11.7. The van der Waals surface area contributed by atoms with Crippen molar-refractivity contribution in [1.82, 2.24) is 0 Å². The summed E-state index contributed by atoms with van der Waals surface area (Å²) < 4.78 is 2.63. The van der Waals surface area contributed by atoms with Crippen LogP contribution in [-0.2, 0) is 0 Å². The van der Waals surface area contributed by atoms with Crippen LogP contribution in [0.3, 0.4) is 0 Å². The van der Waals surface area contributed by atoms with Crippen molar-refractivity contribution in [2.75, 3.05) is 4.90 Å². The van der Waals surface area contributed by atoms with Gasteiger partial charge in [0.05, 0.1) is 5.69 Å². The highest BCUT2D eigenvalue weighted by molar-refractivity contribution is 7.25. The van der Waals surface area contributed by atoms with E-state index in [9.17, 15) is 0 Å². The van der Waals surface area contributed by atoms with E-state index in [-0.39, 0.29) is 0 Å². The molecule has 0 N–H and O–H groups in total. The lowest BCUT2D eigenvalue weighted by atomic mass is 9.96. The van der Waals surface area contributed by atoms with Crippen molar-refractivity contribution in [3.63, 3.8) is 0 Å². The third-order valence-electron chi connectivity index (χ3n) is 9.06. The molecular formula is C44H29NS. The van der Waals surface area contributed by atoms with Crippen LogP contribution in [0.25, 0.3) is 64.0 Å². The molecule has 0 radical (unpaired) electrons. The smallest absolute Gasteiger partial charge is 0.0540 e. The van der Waals surface area contributed by atoms with Crippen molar-refractivity contribution in [2.45, 2.75) is 0 Å². The molecule has 0 amide bonds. The zero-order chi connectivity index (χ0) is 30.5. The van der Waals surface area contributed by atoms with E-state index in [2.05, 4.69) is 181 Å². The first-order valence-corrected chi connectivity index (χ1v) is 16.5. The van der Waals surface area contributed by atoms with Crippen LogP contribution in [-0.4, -0.2) is 0 Å². The molecule has 1 aromatic heterocycles. The van der Waals surface area contributed by atoms with Gasteiger partial charge in [-0.25, -0.2) is 0 Å². The van der Waals surface area contributed by atoms with Crippen LogP contribution in [0.1, 0.15) is 0 Å². The van der Waals surface area contributed by atoms with E-state index in [1.165, 1.54) is 64.0 Å². The highest BCUT2D eigenvalue weighted by Gasteiger charge is 2.20. The summed E-state index contributed by atoms with van der Waals surface area (Å²) in [5.74, 6) is 0. The first-order valence-electron chi connectivity index (χ1n) is 15.7. The summed E-state index contributed by atoms with van der Waals surface area (Å²) in [7, 11) is 0. The van der Waals surface area contributed by atoms with Crippen LogP contribution in [0, 0.1) is 0 Å². The van der Waals surface area contributed by atoms with E-state index < -0.39 is 0 Å². The first-order chi connectivity index (χ1) is 22.8. The van der Waals surface area contributed by atoms with Gasteiger partial charge in [0.15, 0.2) is 0 Å². The normalized spacial score (nSPS) is 11.5. The highest BCUT2D eigenvalue weighted by atomic mass is 32.1. The highest BCUT2D eigenvalue weighted by Crippen LogP contribution is 2.46. The maximum Gasteiger partial charge on any atom is 0.0540 e. The predicted molar refractivity (Wildman–Crippen MR) is 200 cm³/mol. The summed E-state index contributed by atoms with van der Waals surface area (Å²) in [6, 6.07) is 64.0. The topological polar surface area (TPSA) is 3.24 Å². The minimum atomic E-state index is 1.12. The molecule has 0 fully saturated rings. The second kappa shape index (κ2) is 11.0. The predicted octanol–water partition coefficient (Wildman–Crippen LogP) is 13.2.